The topological polar surface area (TPSA) is 37.4 Å². The van der Waals surface area contributed by atoms with Crippen LogP contribution in [-0.4, -0.2) is 16.7 Å². The van der Waals surface area contributed by atoms with Gasteiger partial charge >= 0.3 is 0 Å². The number of halogens is 4. The molecule has 83 valence electrons. The van der Waals surface area contributed by atoms with Crippen LogP contribution in [0.3, 0.4) is 0 Å². The summed E-state index contributed by atoms with van der Waals surface area (Å²) < 4.78 is 0. The van der Waals surface area contributed by atoms with Crippen molar-refractivity contribution in [3.63, 3.8) is 0 Å². The Morgan fingerprint density at radius 2 is 1.06 bits per heavy atom. The van der Waals surface area contributed by atoms with Gasteiger partial charge in [0.1, 0.15) is 0 Å². The molecule has 16 heavy (non-hydrogen) atoms. The molecule has 2 rings (SSSR count). The maximum Gasteiger partial charge on any atom is 0.263 e. The van der Waals surface area contributed by atoms with Crippen LogP contribution in [0.15, 0.2) is 0 Å². The molecule has 0 spiro atoms. The molecule has 7 heteroatoms. The Hall–Kier alpha value is -0.480. The van der Waals surface area contributed by atoms with Gasteiger partial charge in [-0.1, -0.05) is 46.4 Å². The second-order valence-corrected chi connectivity index (χ2v) is 4.56. The highest BCUT2D eigenvalue weighted by Crippen LogP contribution is 2.44. The molecule has 0 unspecified atom stereocenters. The van der Waals surface area contributed by atoms with Crippen molar-refractivity contribution in [3.05, 3.63) is 38.3 Å². The number of carbonyl (C=O) groups excluding carboxylic acids is 2. The maximum atomic E-state index is 11.6. The minimum atomic E-state index is -0.648. The third kappa shape index (κ3) is 1.36. The van der Waals surface area contributed by atoms with Gasteiger partial charge in [0.2, 0.25) is 0 Å². The Labute approximate surface area is 111 Å². The third-order valence-electron chi connectivity index (χ3n) is 2.19. The first-order valence-corrected chi connectivity index (χ1v) is 5.44. The molecule has 1 heterocycles. The Morgan fingerprint density at radius 3 is 1.38 bits per heavy atom. The number of hydrogen-bond donors (Lipinski definition) is 0. The largest absolute Gasteiger partial charge is 0.272 e. The van der Waals surface area contributed by atoms with Gasteiger partial charge in [-0.15, -0.1) is 0 Å². The molecular formula is C9H2Cl4NO2. The molecule has 1 aliphatic heterocycles. The fraction of sp³-hybridized carbons (Fsp3) is 0. The van der Waals surface area contributed by atoms with E-state index in [9.17, 15) is 9.59 Å². The van der Waals surface area contributed by atoms with Crippen LogP contribution in [0.1, 0.15) is 20.7 Å². The smallest absolute Gasteiger partial charge is 0.263 e. The van der Waals surface area contributed by atoms with Crippen molar-refractivity contribution < 1.29 is 9.59 Å². The Balaban J connectivity index is 2.91. The number of benzene rings is 1. The molecule has 0 atom stereocenters. The van der Waals surface area contributed by atoms with Gasteiger partial charge in [-0.2, -0.15) is 0 Å². The summed E-state index contributed by atoms with van der Waals surface area (Å²) in [5.74, 6) is -1.30. The summed E-state index contributed by atoms with van der Waals surface area (Å²) in [5.41, 5.74) is -0.109. The molecule has 1 radical (unpaired) electrons. The van der Waals surface area contributed by atoms with E-state index in [1.165, 1.54) is 0 Å². The number of rotatable bonds is 0. The quantitative estimate of drug-likeness (QED) is 0.416. The minimum absolute atomic E-state index is 0.0523. The van der Waals surface area contributed by atoms with Gasteiger partial charge in [0, 0.05) is 7.05 Å². The number of hydrogen-bond acceptors (Lipinski definition) is 2. The van der Waals surface area contributed by atoms with Gasteiger partial charge in [0.25, 0.3) is 11.8 Å². The van der Waals surface area contributed by atoms with E-state index < -0.39 is 11.8 Å². The van der Waals surface area contributed by atoms with Crippen molar-refractivity contribution in [1.29, 1.82) is 0 Å². The Morgan fingerprint density at radius 1 is 0.750 bits per heavy atom. The number of nitrogens with zero attached hydrogens (tertiary/aromatic N) is 1. The molecule has 1 aliphatic rings. The highest BCUT2D eigenvalue weighted by atomic mass is 35.5. The van der Waals surface area contributed by atoms with Crippen LogP contribution in [0.2, 0.25) is 20.1 Å². The normalized spacial score (nSPS) is 14.7. The highest BCUT2D eigenvalue weighted by Gasteiger charge is 2.39. The molecule has 0 N–H and O–H groups in total. The van der Waals surface area contributed by atoms with Crippen LogP contribution in [0.5, 0.6) is 0 Å². The molecule has 0 aliphatic carbocycles. The Bertz CT molecular complexity index is 494. The van der Waals surface area contributed by atoms with E-state index in [0.29, 0.717) is 4.90 Å². The average molecular weight is 298 g/mol. The summed E-state index contributed by atoms with van der Waals surface area (Å²) in [5, 5.41) is -0.279. The summed E-state index contributed by atoms with van der Waals surface area (Å²) in [6.07, 6.45) is 0. The molecule has 1 aromatic carbocycles. The van der Waals surface area contributed by atoms with Gasteiger partial charge in [0.05, 0.1) is 31.2 Å². The lowest BCUT2D eigenvalue weighted by Gasteiger charge is -2.06. The molecule has 3 nitrogen and oxygen atoms in total. The second-order valence-electron chi connectivity index (χ2n) is 3.04. The van der Waals surface area contributed by atoms with Crippen molar-refractivity contribution in [2.45, 2.75) is 0 Å². The third-order valence-corrected chi connectivity index (χ3v) is 3.99. The lowest BCUT2D eigenvalue weighted by molar-refractivity contribution is 0.0717. The lowest BCUT2D eigenvalue weighted by atomic mass is 10.1. The van der Waals surface area contributed by atoms with Crippen molar-refractivity contribution in [2.75, 3.05) is 0 Å². The predicted octanol–water partition coefficient (Wildman–Crippen LogP) is 3.69. The predicted molar refractivity (Wildman–Crippen MR) is 62.3 cm³/mol. The Kier molecular flexibility index (Phi) is 2.83. The number of fused-ring (bicyclic) bond motifs is 1. The van der Waals surface area contributed by atoms with Crippen molar-refractivity contribution in [3.8, 4) is 0 Å². The first kappa shape index (κ1) is 12.0. The van der Waals surface area contributed by atoms with E-state index in [1.807, 2.05) is 0 Å². The fourth-order valence-corrected chi connectivity index (χ4v) is 2.41. The van der Waals surface area contributed by atoms with Gasteiger partial charge in [-0.3, -0.25) is 14.5 Å². The molecular weight excluding hydrogens is 296 g/mol. The summed E-state index contributed by atoms with van der Waals surface area (Å²) in [4.78, 5) is 23.9. The number of imide groups is 1. The number of amides is 2. The standard InChI is InChI=1S/C9H2Cl4NO2/c1-14-8(15)2-3(9(14)16)5(11)7(13)6(12)4(2)10/h1H2. The van der Waals surface area contributed by atoms with Gasteiger partial charge in [0.15, 0.2) is 0 Å². The van der Waals surface area contributed by atoms with Crippen LogP contribution < -0.4 is 0 Å². The fourth-order valence-electron chi connectivity index (χ4n) is 1.40. The molecule has 0 saturated heterocycles. The van der Waals surface area contributed by atoms with Crippen LogP contribution in [0.25, 0.3) is 0 Å². The summed E-state index contributed by atoms with van der Waals surface area (Å²) in [6.45, 7) is 0. The lowest BCUT2D eigenvalue weighted by Crippen LogP contribution is -2.21. The van der Waals surface area contributed by atoms with E-state index in [1.54, 1.807) is 0 Å². The van der Waals surface area contributed by atoms with E-state index in [4.69, 9.17) is 46.4 Å². The van der Waals surface area contributed by atoms with Gasteiger partial charge in [-0.05, 0) is 0 Å². The van der Waals surface area contributed by atoms with Crippen LogP contribution >= 0.6 is 46.4 Å². The maximum absolute atomic E-state index is 11.6. The first-order chi connectivity index (χ1) is 7.37. The van der Waals surface area contributed by atoms with Crippen molar-refractivity contribution in [1.82, 2.24) is 4.90 Å². The highest BCUT2D eigenvalue weighted by molar-refractivity contribution is 6.55. The number of carbonyl (C=O) groups is 2. The molecule has 0 saturated carbocycles. The molecule has 2 amide bonds. The monoisotopic (exact) mass is 296 g/mol. The van der Waals surface area contributed by atoms with Crippen LogP contribution in [0.4, 0.5) is 0 Å². The SMILES string of the molecule is [CH2]N1C(=O)c2c(Cl)c(Cl)c(Cl)c(Cl)c2C1=O. The molecule has 0 aromatic heterocycles. The zero-order valence-electron chi connectivity index (χ0n) is 7.48. The zero-order chi connectivity index (χ0) is 12.2. The summed E-state index contributed by atoms with van der Waals surface area (Å²) >= 11 is 23.2. The first-order valence-electron chi connectivity index (χ1n) is 3.93. The van der Waals surface area contributed by atoms with Crippen LogP contribution in [0, 0.1) is 7.05 Å². The zero-order valence-corrected chi connectivity index (χ0v) is 10.5. The second kappa shape index (κ2) is 3.77. The van der Waals surface area contributed by atoms with E-state index in [0.717, 1.165) is 0 Å². The van der Waals surface area contributed by atoms with Gasteiger partial charge < -0.3 is 0 Å². The minimum Gasteiger partial charge on any atom is -0.272 e. The van der Waals surface area contributed by atoms with E-state index >= 15 is 0 Å². The molecule has 0 fully saturated rings. The van der Waals surface area contributed by atoms with Crippen molar-refractivity contribution >= 4 is 58.2 Å². The van der Waals surface area contributed by atoms with Gasteiger partial charge in [-0.25, -0.2) is 0 Å². The van der Waals surface area contributed by atoms with E-state index in [-0.39, 0.29) is 31.2 Å². The average Bonchev–Trinajstić information content (AvgIpc) is 2.48. The molecule has 0 bridgehead atoms. The molecule has 1 aromatic rings. The summed E-state index contributed by atoms with van der Waals surface area (Å²) in [6, 6.07) is 0. The summed E-state index contributed by atoms with van der Waals surface area (Å²) in [7, 11) is 3.29. The van der Waals surface area contributed by atoms with E-state index in [2.05, 4.69) is 7.05 Å². The van der Waals surface area contributed by atoms with Crippen LogP contribution in [-0.2, 0) is 0 Å². The van der Waals surface area contributed by atoms with Crippen molar-refractivity contribution in [2.24, 2.45) is 0 Å².